The van der Waals surface area contributed by atoms with Crippen molar-refractivity contribution in [3.05, 3.63) is 30.6 Å². The average Bonchev–Trinajstić information content (AvgIpc) is 2.71. The van der Waals surface area contributed by atoms with Crippen LogP contribution in [0.2, 0.25) is 0 Å². The Kier molecular flexibility index (Phi) is 3.21. The number of hydrogen-bond acceptors (Lipinski definition) is 2. The van der Waals surface area contributed by atoms with Crippen LogP contribution in [0.4, 0.5) is 19.0 Å². The molecule has 0 aliphatic carbocycles. The van der Waals surface area contributed by atoms with E-state index in [1.807, 2.05) is 18.2 Å². The van der Waals surface area contributed by atoms with E-state index in [-0.39, 0.29) is 13.0 Å². The second-order valence-corrected chi connectivity index (χ2v) is 3.71. The fraction of sp³-hybridized carbons (Fsp3) is 0.364. The molecule has 0 saturated carbocycles. The zero-order valence-corrected chi connectivity index (χ0v) is 9.04. The number of hydrogen-bond donors (Lipinski definition) is 1. The summed E-state index contributed by atoms with van der Waals surface area (Å²) in [5, 5.41) is 2.97. The molecule has 92 valence electrons. The highest BCUT2D eigenvalue weighted by molar-refractivity contribution is 5.49. The Morgan fingerprint density at radius 2 is 2.12 bits per heavy atom. The van der Waals surface area contributed by atoms with Crippen molar-refractivity contribution in [3.8, 4) is 0 Å². The molecule has 0 fully saturated rings. The Morgan fingerprint density at radius 3 is 2.88 bits per heavy atom. The van der Waals surface area contributed by atoms with Gasteiger partial charge in [0, 0.05) is 25.4 Å². The average molecular weight is 243 g/mol. The van der Waals surface area contributed by atoms with Gasteiger partial charge in [-0.05, 0) is 18.6 Å². The van der Waals surface area contributed by atoms with E-state index in [1.165, 1.54) is 0 Å². The van der Waals surface area contributed by atoms with Crippen LogP contribution in [0.25, 0.3) is 5.65 Å². The summed E-state index contributed by atoms with van der Waals surface area (Å²) < 4.78 is 37.6. The summed E-state index contributed by atoms with van der Waals surface area (Å²) in [7, 11) is 0. The minimum atomic E-state index is -4.08. The van der Waals surface area contributed by atoms with Gasteiger partial charge in [-0.3, -0.25) is 4.40 Å². The van der Waals surface area contributed by atoms with Gasteiger partial charge >= 0.3 is 6.18 Å². The number of fused-ring (bicyclic) bond motifs is 1. The van der Waals surface area contributed by atoms with E-state index in [0.29, 0.717) is 0 Å². The summed E-state index contributed by atoms with van der Waals surface area (Å²) in [6, 6.07) is 5.46. The van der Waals surface area contributed by atoms with E-state index in [0.717, 1.165) is 11.5 Å². The molecule has 0 aliphatic heterocycles. The van der Waals surface area contributed by atoms with Crippen LogP contribution in [-0.2, 0) is 0 Å². The van der Waals surface area contributed by atoms with Gasteiger partial charge < -0.3 is 5.32 Å². The molecule has 2 aromatic rings. The maximum atomic E-state index is 11.9. The van der Waals surface area contributed by atoms with Crippen molar-refractivity contribution in [2.24, 2.45) is 0 Å². The van der Waals surface area contributed by atoms with E-state index >= 15 is 0 Å². The van der Waals surface area contributed by atoms with Gasteiger partial charge in [0.15, 0.2) is 0 Å². The molecule has 0 aromatic carbocycles. The molecule has 6 heteroatoms. The summed E-state index contributed by atoms with van der Waals surface area (Å²) in [6.45, 7) is 0.288. The third-order valence-electron chi connectivity index (χ3n) is 2.37. The molecule has 2 aromatic heterocycles. The Bertz CT molecular complexity index is 490. The molecular weight excluding hydrogens is 231 g/mol. The van der Waals surface area contributed by atoms with Crippen molar-refractivity contribution in [2.45, 2.75) is 19.0 Å². The van der Waals surface area contributed by atoms with Gasteiger partial charge in [0.2, 0.25) is 0 Å². The van der Waals surface area contributed by atoms with Gasteiger partial charge in [0.25, 0.3) is 0 Å². The van der Waals surface area contributed by atoms with Crippen molar-refractivity contribution in [1.29, 1.82) is 0 Å². The van der Waals surface area contributed by atoms with Crippen molar-refractivity contribution < 1.29 is 13.2 Å². The summed E-state index contributed by atoms with van der Waals surface area (Å²) in [5.41, 5.74) is 0.769. The molecule has 0 spiro atoms. The summed E-state index contributed by atoms with van der Waals surface area (Å²) in [6.07, 6.45) is -1.37. The van der Waals surface area contributed by atoms with Crippen LogP contribution in [0.1, 0.15) is 12.8 Å². The van der Waals surface area contributed by atoms with Crippen molar-refractivity contribution in [3.63, 3.8) is 0 Å². The van der Waals surface area contributed by atoms with Crippen molar-refractivity contribution >= 4 is 11.5 Å². The number of halogens is 3. The maximum absolute atomic E-state index is 11.9. The minimum absolute atomic E-state index is 0.0641. The van der Waals surface area contributed by atoms with Crippen LogP contribution in [0.3, 0.4) is 0 Å². The smallest absolute Gasteiger partial charge is 0.371 e. The van der Waals surface area contributed by atoms with Gasteiger partial charge in [-0.25, -0.2) is 4.98 Å². The zero-order chi connectivity index (χ0) is 12.3. The van der Waals surface area contributed by atoms with E-state index in [9.17, 15) is 13.2 Å². The maximum Gasteiger partial charge on any atom is 0.389 e. The van der Waals surface area contributed by atoms with E-state index < -0.39 is 12.6 Å². The van der Waals surface area contributed by atoms with Gasteiger partial charge in [-0.1, -0.05) is 6.07 Å². The lowest BCUT2D eigenvalue weighted by molar-refractivity contribution is -0.134. The quantitative estimate of drug-likeness (QED) is 0.836. The topological polar surface area (TPSA) is 29.3 Å². The Morgan fingerprint density at radius 1 is 1.29 bits per heavy atom. The molecule has 17 heavy (non-hydrogen) atoms. The van der Waals surface area contributed by atoms with E-state index in [2.05, 4.69) is 10.3 Å². The number of alkyl halides is 3. The highest BCUT2D eigenvalue weighted by atomic mass is 19.4. The lowest BCUT2D eigenvalue weighted by Crippen LogP contribution is -2.12. The number of rotatable bonds is 4. The second kappa shape index (κ2) is 4.65. The lowest BCUT2D eigenvalue weighted by Gasteiger charge is -2.09. The van der Waals surface area contributed by atoms with Crippen LogP contribution in [0, 0.1) is 0 Å². The summed E-state index contributed by atoms with van der Waals surface area (Å²) >= 11 is 0. The Balaban J connectivity index is 1.93. The Hall–Kier alpha value is -1.72. The first-order chi connectivity index (χ1) is 8.06. The molecule has 0 saturated heterocycles. The van der Waals surface area contributed by atoms with Crippen molar-refractivity contribution in [1.82, 2.24) is 9.38 Å². The number of nitrogens with one attached hydrogen (secondary N) is 1. The molecule has 0 aliphatic rings. The first-order valence-electron chi connectivity index (χ1n) is 5.29. The number of nitrogens with zero attached hydrogens (tertiary/aromatic N) is 2. The standard InChI is InChI=1S/C11H12F3N3/c12-11(13,14)5-2-6-15-9-3-1-4-10-16-7-8-17(9)10/h1,3-4,7-8,15H,2,5-6H2. The number of anilines is 1. The van der Waals surface area contributed by atoms with Crippen LogP contribution in [-0.4, -0.2) is 22.1 Å². The summed E-state index contributed by atoms with van der Waals surface area (Å²) in [4.78, 5) is 4.09. The Labute approximate surface area is 96.3 Å². The number of pyridine rings is 1. The molecule has 2 rings (SSSR count). The predicted molar refractivity (Wildman–Crippen MR) is 59.0 cm³/mol. The normalized spacial score (nSPS) is 11.9. The van der Waals surface area contributed by atoms with E-state index in [1.54, 1.807) is 16.8 Å². The third kappa shape index (κ3) is 3.12. The molecule has 0 amide bonds. The third-order valence-corrected chi connectivity index (χ3v) is 2.37. The molecule has 0 atom stereocenters. The molecule has 0 unspecified atom stereocenters. The molecule has 0 radical (unpaired) electrons. The second-order valence-electron chi connectivity index (χ2n) is 3.71. The monoisotopic (exact) mass is 243 g/mol. The largest absolute Gasteiger partial charge is 0.389 e. The molecule has 1 N–H and O–H groups in total. The molecule has 0 bridgehead atoms. The van der Waals surface area contributed by atoms with E-state index in [4.69, 9.17) is 0 Å². The van der Waals surface area contributed by atoms with Crippen molar-refractivity contribution in [2.75, 3.05) is 11.9 Å². The minimum Gasteiger partial charge on any atom is -0.371 e. The van der Waals surface area contributed by atoms with Crippen LogP contribution < -0.4 is 5.32 Å². The SMILES string of the molecule is FC(F)(F)CCCNc1cccc2nccn12. The lowest BCUT2D eigenvalue weighted by atomic mass is 10.3. The first kappa shape index (κ1) is 11.8. The fourth-order valence-electron chi connectivity index (χ4n) is 1.60. The van der Waals surface area contributed by atoms with Crippen LogP contribution in [0.15, 0.2) is 30.6 Å². The number of aromatic nitrogens is 2. The van der Waals surface area contributed by atoms with Gasteiger partial charge in [0.1, 0.15) is 11.5 Å². The van der Waals surface area contributed by atoms with Gasteiger partial charge in [-0.15, -0.1) is 0 Å². The predicted octanol–water partition coefficient (Wildman–Crippen LogP) is 3.09. The number of imidazole rings is 1. The van der Waals surface area contributed by atoms with Gasteiger partial charge in [0.05, 0.1) is 0 Å². The van der Waals surface area contributed by atoms with Gasteiger partial charge in [-0.2, -0.15) is 13.2 Å². The highest BCUT2D eigenvalue weighted by Crippen LogP contribution is 2.21. The fourth-order valence-corrected chi connectivity index (χ4v) is 1.60. The molecule has 3 nitrogen and oxygen atoms in total. The summed E-state index contributed by atoms with van der Waals surface area (Å²) in [5.74, 6) is 0.752. The zero-order valence-electron chi connectivity index (χ0n) is 9.04. The van der Waals surface area contributed by atoms with Crippen LogP contribution >= 0.6 is 0 Å². The van der Waals surface area contributed by atoms with Crippen LogP contribution in [0.5, 0.6) is 0 Å². The highest BCUT2D eigenvalue weighted by Gasteiger charge is 2.25. The molecular formula is C11H12F3N3. The molecule has 2 heterocycles. The first-order valence-corrected chi connectivity index (χ1v) is 5.29.